The van der Waals surface area contributed by atoms with E-state index in [0.29, 0.717) is 0 Å². The first-order chi connectivity index (χ1) is 7.56. The van der Waals surface area contributed by atoms with Gasteiger partial charge in [-0.05, 0) is 27.4 Å². The van der Waals surface area contributed by atoms with Gasteiger partial charge in [-0.2, -0.15) is 0 Å². The van der Waals surface area contributed by atoms with Crippen molar-refractivity contribution in [3.05, 3.63) is 35.4 Å². The number of benzene rings is 1. The first kappa shape index (κ1) is 12.9. The van der Waals surface area contributed by atoms with E-state index in [0.717, 1.165) is 18.4 Å². The topological polar surface area (TPSA) is 20.3 Å². The SMILES string of the molecule is CCCC(C(=O)c1ccc(C)cc1)N(C)C. The van der Waals surface area contributed by atoms with Crippen LogP contribution in [-0.4, -0.2) is 30.8 Å². The molecular weight excluding hydrogens is 198 g/mol. The molecule has 0 amide bonds. The highest BCUT2D eigenvalue weighted by atomic mass is 16.1. The van der Waals surface area contributed by atoms with Gasteiger partial charge >= 0.3 is 0 Å². The van der Waals surface area contributed by atoms with Crippen molar-refractivity contribution < 1.29 is 4.79 Å². The molecule has 0 aliphatic carbocycles. The van der Waals surface area contributed by atoms with Crippen LogP contribution in [0.2, 0.25) is 0 Å². The fourth-order valence-electron chi connectivity index (χ4n) is 1.81. The second-order valence-electron chi connectivity index (χ2n) is 4.50. The van der Waals surface area contributed by atoms with Crippen LogP contribution < -0.4 is 0 Å². The summed E-state index contributed by atoms with van der Waals surface area (Å²) in [4.78, 5) is 14.3. The Morgan fingerprint density at radius 1 is 1.25 bits per heavy atom. The van der Waals surface area contributed by atoms with E-state index in [4.69, 9.17) is 0 Å². The number of Topliss-reactive ketones (excluding diaryl/α,β-unsaturated/α-hetero) is 1. The number of hydrogen-bond acceptors (Lipinski definition) is 2. The zero-order valence-corrected chi connectivity index (χ0v) is 10.7. The molecule has 16 heavy (non-hydrogen) atoms. The van der Waals surface area contributed by atoms with Gasteiger partial charge in [-0.25, -0.2) is 0 Å². The molecule has 0 aromatic heterocycles. The van der Waals surface area contributed by atoms with Gasteiger partial charge in [-0.3, -0.25) is 9.69 Å². The Kier molecular flexibility index (Phi) is 4.69. The quantitative estimate of drug-likeness (QED) is 0.710. The molecule has 0 N–H and O–H groups in total. The van der Waals surface area contributed by atoms with Gasteiger partial charge in [-0.1, -0.05) is 43.2 Å². The molecule has 1 aromatic carbocycles. The van der Waals surface area contributed by atoms with Crippen LogP contribution in [0.3, 0.4) is 0 Å². The van der Waals surface area contributed by atoms with Crippen molar-refractivity contribution in [2.75, 3.05) is 14.1 Å². The third-order valence-electron chi connectivity index (χ3n) is 2.82. The number of hydrogen-bond donors (Lipinski definition) is 0. The van der Waals surface area contributed by atoms with Crippen molar-refractivity contribution in [1.29, 1.82) is 0 Å². The van der Waals surface area contributed by atoms with Crippen LogP contribution in [0.25, 0.3) is 0 Å². The Morgan fingerprint density at radius 3 is 2.25 bits per heavy atom. The summed E-state index contributed by atoms with van der Waals surface area (Å²) in [5.74, 6) is 0.229. The third-order valence-corrected chi connectivity index (χ3v) is 2.82. The van der Waals surface area contributed by atoms with Crippen LogP contribution in [0.1, 0.15) is 35.7 Å². The van der Waals surface area contributed by atoms with Crippen LogP contribution in [-0.2, 0) is 0 Å². The lowest BCUT2D eigenvalue weighted by Gasteiger charge is -2.22. The summed E-state index contributed by atoms with van der Waals surface area (Å²) in [5, 5.41) is 0. The van der Waals surface area contributed by atoms with Gasteiger partial charge in [-0.15, -0.1) is 0 Å². The lowest BCUT2D eigenvalue weighted by Crippen LogP contribution is -2.35. The standard InChI is InChI=1S/C14H21NO/c1-5-6-13(15(3)4)14(16)12-9-7-11(2)8-10-12/h7-10,13H,5-6H2,1-4H3. The molecule has 1 unspecified atom stereocenters. The van der Waals surface area contributed by atoms with Gasteiger partial charge < -0.3 is 0 Å². The molecule has 0 saturated heterocycles. The number of nitrogens with zero attached hydrogens (tertiary/aromatic N) is 1. The molecule has 0 spiro atoms. The molecule has 1 aromatic rings. The van der Waals surface area contributed by atoms with E-state index < -0.39 is 0 Å². The molecule has 2 heteroatoms. The molecule has 0 aliphatic rings. The normalized spacial score (nSPS) is 12.8. The molecule has 0 fully saturated rings. The number of carbonyl (C=O) groups excluding carboxylic acids is 1. The predicted molar refractivity (Wildman–Crippen MR) is 67.9 cm³/mol. The molecule has 2 nitrogen and oxygen atoms in total. The van der Waals surface area contributed by atoms with Crippen molar-refractivity contribution in [3.8, 4) is 0 Å². The Bertz CT molecular complexity index is 340. The molecule has 0 aliphatic heterocycles. The average molecular weight is 219 g/mol. The maximum Gasteiger partial charge on any atom is 0.179 e. The maximum absolute atomic E-state index is 12.2. The van der Waals surface area contributed by atoms with Crippen LogP contribution >= 0.6 is 0 Å². The van der Waals surface area contributed by atoms with Gasteiger partial charge in [0.1, 0.15) is 0 Å². The monoisotopic (exact) mass is 219 g/mol. The second-order valence-corrected chi connectivity index (χ2v) is 4.50. The van der Waals surface area contributed by atoms with Crippen LogP contribution in [0, 0.1) is 6.92 Å². The number of carbonyl (C=O) groups is 1. The molecule has 0 bridgehead atoms. The summed E-state index contributed by atoms with van der Waals surface area (Å²) in [6.07, 6.45) is 1.94. The minimum atomic E-state index is 0.00714. The summed E-state index contributed by atoms with van der Waals surface area (Å²) < 4.78 is 0. The molecule has 0 saturated carbocycles. The number of rotatable bonds is 5. The Balaban J connectivity index is 2.86. The van der Waals surface area contributed by atoms with E-state index in [2.05, 4.69) is 6.92 Å². The summed E-state index contributed by atoms with van der Waals surface area (Å²) >= 11 is 0. The molecule has 1 rings (SSSR count). The first-order valence-electron chi connectivity index (χ1n) is 5.83. The highest BCUT2D eigenvalue weighted by Gasteiger charge is 2.20. The van der Waals surface area contributed by atoms with E-state index in [1.165, 1.54) is 5.56 Å². The zero-order chi connectivity index (χ0) is 12.1. The highest BCUT2D eigenvalue weighted by Crippen LogP contribution is 2.12. The van der Waals surface area contributed by atoms with Crippen LogP contribution in [0.15, 0.2) is 24.3 Å². The van der Waals surface area contributed by atoms with Crippen molar-refractivity contribution in [3.63, 3.8) is 0 Å². The van der Waals surface area contributed by atoms with E-state index in [1.807, 2.05) is 50.2 Å². The number of ketones is 1. The van der Waals surface area contributed by atoms with Crippen molar-refractivity contribution in [1.82, 2.24) is 4.90 Å². The Hall–Kier alpha value is -1.15. The van der Waals surface area contributed by atoms with Crippen molar-refractivity contribution in [2.24, 2.45) is 0 Å². The third kappa shape index (κ3) is 3.17. The summed E-state index contributed by atoms with van der Waals surface area (Å²) in [6, 6.07) is 7.83. The molecule has 0 radical (unpaired) electrons. The minimum Gasteiger partial charge on any atom is -0.299 e. The summed E-state index contributed by atoms with van der Waals surface area (Å²) in [6.45, 7) is 4.14. The van der Waals surface area contributed by atoms with Crippen LogP contribution in [0.4, 0.5) is 0 Å². The lowest BCUT2D eigenvalue weighted by molar-refractivity contribution is 0.0866. The predicted octanol–water partition coefficient (Wildman–Crippen LogP) is 2.91. The minimum absolute atomic E-state index is 0.00714. The van der Waals surface area contributed by atoms with Crippen molar-refractivity contribution in [2.45, 2.75) is 32.7 Å². The van der Waals surface area contributed by atoms with E-state index in [-0.39, 0.29) is 11.8 Å². The van der Waals surface area contributed by atoms with Gasteiger partial charge in [0.25, 0.3) is 0 Å². The molecular formula is C14H21NO. The second kappa shape index (κ2) is 5.80. The van der Waals surface area contributed by atoms with Gasteiger partial charge in [0, 0.05) is 5.56 Å². The van der Waals surface area contributed by atoms with E-state index in [1.54, 1.807) is 0 Å². The molecule has 1 atom stereocenters. The van der Waals surface area contributed by atoms with Gasteiger partial charge in [0.2, 0.25) is 0 Å². The molecule has 88 valence electrons. The smallest absolute Gasteiger partial charge is 0.179 e. The first-order valence-corrected chi connectivity index (χ1v) is 5.83. The largest absolute Gasteiger partial charge is 0.299 e. The summed E-state index contributed by atoms with van der Waals surface area (Å²) in [7, 11) is 3.93. The van der Waals surface area contributed by atoms with Gasteiger partial charge in [0.05, 0.1) is 6.04 Å². The van der Waals surface area contributed by atoms with E-state index in [9.17, 15) is 4.79 Å². The lowest BCUT2D eigenvalue weighted by atomic mass is 9.99. The Labute approximate surface area is 98.3 Å². The van der Waals surface area contributed by atoms with E-state index >= 15 is 0 Å². The fraction of sp³-hybridized carbons (Fsp3) is 0.500. The number of likely N-dealkylation sites (N-methyl/N-ethyl adjacent to an activating group) is 1. The van der Waals surface area contributed by atoms with Crippen molar-refractivity contribution >= 4 is 5.78 Å². The highest BCUT2D eigenvalue weighted by molar-refractivity contribution is 6.00. The zero-order valence-electron chi connectivity index (χ0n) is 10.7. The summed E-state index contributed by atoms with van der Waals surface area (Å²) in [5.41, 5.74) is 2.01. The average Bonchev–Trinajstić information content (AvgIpc) is 2.25. The van der Waals surface area contributed by atoms with Gasteiger partial charge in [0.15, 0.2) is 5.78 Å². The number of aryl methyl sites for hydroxylation is 1. The maximum atomic E-state index is 12.2. The fourth-order valence-corrected chi connectivity index (χ4v) is 1.81. The molecule has 0 heterocycles. The Morgan fingerprint density at radius 2 is 1.81 bits per heavy atom. The van der Waals surface area contributed by atoms with Crippen LogP contribution in [0.5, 0.6) is 0 Å².